The van der Waals surface area contributed by atoms with E-state index in [0.717, 1.165) is 12.1 Å². The van der Waals surface area contributed by atoms with Crippen molar-refractivity contribution in [3.05, 3.63) is 47.8 Å². The molecule has 3 heterocycles. The summed E-state index contributed by atoms with van der Waals surface area (Å²) in [4.78, 5) is 0. The zero-order chi connectivity index (χ0) is 14.2. The molecule has 2 saturated heterocycles. The second-order valence-electron chi connectivity index (χ2n) is 5.68. The molecular formula is C15H18N4O2. The van der Waals surface area contributed by atoms with Crippen molar-refractivity contribution in [2.75, 3.05) is 13.2 Å². The summed E-state index contributed by atoms with van der Waals surface area (Å²) in [6.45, 7) is 1.13. The lowest BCUT2D eigenvalue weighted by Gasteiger charge is -2.15. The van der Waals surface area contributed by atoms with E-state index in [4.69, 9.17) is 15.2 Å². The maximum atomic E-state index is 5.97. The van der Waals surface area contributed by atoms with Crippen LogP contribution >= 0.6 is 0 Å². The van der Waals surface area contributed by atoms with Crippen LogP contribution in [-0.2, 0) is 15.9 Å². The predicted octanol–water partition coefficient (Wildman–Crippen LogP) is 0.535. The summed E-state index contributed by atoms with van der Waals surface area (Å²) < 4.78 is 13.4. The molecule has 4 rings (SSSR count). The Morgan fingerprint density at radius 2 is 1.95 bits per heavy atom. The Kier molecular flexibility index (Phi) is 3.21. The molecule has 6 nitrogen and oxygen atoms in total. The fraction of sp³-hybridized carbons (Fsp3) is 0.467. The first kappa shape index (κ1) is 12.9. The van der Waals surface area contributed by atoms with Crippen LogP contribution in [0.15, 0.2) is 36.5 Å². The van der Waals surface area contributed by atoms with Crippen molar-refractivity contribution in [1.82, 2.24) is 15.0 Å². The molecule has 0 saturated carbocycles. The number of fused-ring (bicyclic) bond motifs is 1. The average Bonchev–Trinajstić information content (AvgIpc) is 3.18. The summed E-state index contributed by atoms with van der Waals surface area (Å²) in [5.41, 5.74) is 8.15. The van der Waals surface area contributed by atoms with Crippen molar-refractivity contribution in [1.29, 1.82) is 0 Å². The van der Waals surface area contributed by atoms with Gasteiger partial charge in [-0.25, -0.2) is 4.68 Å². The lowest BCUT2D eigenvalue weighted by molar-refractivity contribution is 0.0627. The van der Waals surface area contributed by atoms with Crippen LogP contribution in [0.3, 0.4) is 0 Å². The minimum atomic E-state index is -0.0349. The Bertz CT molecular complexity index is 615. The molecule has 0 bridgehead atoms. The van der Waals surface area contributed by atoms with Gasteiger partial charge >= 0.3 is 0 Å². The molecule has 110 valence electrons. The summed E-state index contributed by atoms with van der Waals surface area (Å²) in [5, 5.41) is 8.51. The molecule has 6 heteroatoms. The number of benzene rings is 1. The van der Waals surface area contributed by atoms with E-state index in [0.29, 0.717) is 13.2 Å². The Morgan fingerprint density at radius 1 is 1.14 bits per heavy atom. The fourth-order valence-corrected chi connectivity index (χ4v) is 3.10. The van der Waals surface area contributed by atoms with E-state index in [-0.39, 0.29) is 24.3 Å². The molecule has 2 fully saturated rings. The second kappa shape index (κ2) is 5.22. The molecule has 0 spiro atoms. The molecule has 4 atom stereocenters. The van der Waals surface area contributed by atoms with Crippen LogP contribution in [0.2, 0.25) is 0 Å². The third-order valence-corrected chi connectivity index (χ3v) is 4.19. The maximum Gasteiger partial charge on any atom is 0.110 e. The summed E-state index contributed by atoms with van der Waals surface area (Å²) >= 11 is 0. The molecule has 0 unspecified atom stereocenters. The lowest BCUT2D eigenvalue weighted by Crippen LogP contribution is -2.36. The van der Waals surface area contributed by atoms with Crippen molar-refractivity contribution in [3.63, 3.8) is 0 Å². The monoisotopic (exact) mass is 286 g/mol. The molecule has 2 aliphatic heterocycles. The van der Waals surface area contributed by atoms with Gasteiger partial charge in [0.2, 0.25) is 0 Å². The zero-order valence-corrected chi connectivity index (χ0v) is 11.6. The number of hydrogen-bond donors (Lipinski definition) is 1. The van der Waals surface area contributed by atoms with Crippen molar-refractivity contribution >= 4 is 0 Å². The van der Waals surface area contributed by atoms with Gasteiger partial charge in [0.15, 0.2) is 0 Å². The van der Waals surface area contributed by atoms with Crippen LogP contribution in [0.5, 0.6) is 0 Å². The molecule has 1 aromatic carbocycles. The van der Waals surface area contributed by atoms with Gasteiger partial charge in [0.05, 0.1) is 24.9 Å². The van der Waals surface area contributed by atoms with Crippen molar-refractivity contribution in [3.8, 4) is 0 Å². The normalized spacial score (nSPS) is 31.5. The van der Waals surface area contributed by atoms with Gasteiger partial charge in [0.25, 0.3) is 0 Å². The van der Waals surface area contributed by atoms with Crippen molar-refractivity contribution in [2.45, 2.75) is 30.7 Å². The Hall–Kier alpha value is -1.76. The smallest absolute Gasteiger partial charge is 0.110 e. The predicted molar refractivity (Wildman–Crippen MR) is 75.8 cm³/mol. The number of hydrogen-bond acceptors (Lipinski definition) is 5. The number of rotatable bonds is 3. The lowest BCUT2D eigenvalue weighted by atomic mass is 10.1. The SMILES string of the molecule is N[C@H]1CO[C@H]2[C@@H]1OC[C@@H]2n1cc(Cc2ccccc2)nn1. The summed E-state index contributed by atoms with van der Waals surface area (Å²) in [6.07, 6.45) is 2.74. The number of nitrogens with two attached hydrogens (primary N) is 1. The van der Waals surface area contributed by atoms with Gasteiger partial charge in [-0.15, -0.1) is 5.10 Å². The van der Waals surface area contributed by atoms with Crippen LogP contribution in [0.1, 0.15) is 17.3 Å². The first-order chi connectivity index (χ1) is 10.3. The Labute approximate surface area is 122 Å². The van der Waals surface area contributed by atoms with E-state index in [1.54, 1.807) is 0 Å². The standard InChI is InChI=1S/C15H18N4O2/c16-12-8-20-15-13(9-21-14(12)15)19-7-11(17-18-19)6-10-4-2-1-3-5-10/h1-5,7,12-15H,6,8-9,16H2/t12-,13-,14+,15+/m0/s1. The largest absolute Gasteiger partial charge is 0.371 e. The van der Waals surface area contributed by atoms with Gasteiger partial charge in [-0.2, -0.15) is 0 Å². The van der Waals surface area contributed by atoms with Gasteiger partial charge in [-0.1, -0.05) is 35.5 Å². The number of ether oxygens (including phenoxy) is 2. The highest BCUT2D eigenvalue weighted by molar-refractivity contribution is 5.20. The quantitative estimate of drug-likeness (QED) is 0.891. The first-order valence-corrected chi connectivity index (χ1v) is 7.25. The van der Waals surface area contributed by atoms with Gasteiger partial charge in [-0.3, -0.25) is 0 Å². The van der Waals surface area contributed by atoms with Crippen molar-refractivity contribution in [2.24, 2.45) is 5.73 Å². The molecule has 1 aromatic heterocycles. The average molecular weight is 286 g/mol. The zero-order valence-electron chi connectivity index (χ0n) is 11.6. The van der Waals surface area contributed by atoms with E-state index < -0.39 is 0 Å². The van der Waals surface area contributed by atoms with E-state index >= 15 is 0 Å². The third-order valence-electron chi connectivity index (χ3n) is 4.19. The fourth-order valence-electron chi connectivity index (χ4n) is 3.10. The summed E-state index contributed by atoms with van der Waals surface area (Å²) in [6, 6.07) is 10.3. The van der Waals surface area contributed by atoms with E-state index in [1.165, 1.54) is 5.56 Å². The first-order valence-electron chi connectivity index (χ1n) is 7.25. The van der Waals surface area contributed by atoms with Gasteiger partial charge in [0.1, 0.15) is 18.2 Å². The highest BCUT2D eigenvalue weighted by atomic mass is 16.6. The van der Waals surface area contributed by atoms with Crippen LogP contribution in [0.4, 0.5) is 0 Å². The van der Waals surface area contributed by atoms with Gasteiger partial charge in [-0.05, 0) is 5.56 Å². The summed E-state index contributed by atoms with van der Waals surface area (Å²) in [7, 11) is 0. The minimum absolute atomic E-state index is 0.00808. The molecule has 21 heavy (non-hydrogen) atoms. The van der Waals surface area contributed by atoms with Crippen LogP contribution in [0, 0.1) is 0 Å². The highest BCUT2D eigenvalue weighted by Gasteiger charge is 2.47. The number of aromatic nitrogens is 3. The molecule has 2 aromatic rings. The molecule has 0 radical (unpaired) electrons. The molecule has 0 aliphatic carbocycles. The maximum absolute atomic E-state index is 5.97. The molecule has 0 amide bonds. The highest BCUT2D eigenvalue weighted by Crippen LogP contribution is 2.33. The Balaban J connectivity index is 1.50. The molecule has 2 aliphatic rings. The van der Waals surface area contributed by atoms with E-state index in [2.05, 4.69) is 22.4 Å². The van der Waals surface area contributed by atoms with Crippen LogP contribution in [0.25, 0.3) is 0 Å². The molecular weight excluding hydrogens is 268 g/mol. The Morgan fingerprint density at radius 3 is 2.81 bits per heavy atom. The van der Waals surface area contributed by atoms with Crippen LogP contribution < -0.4 is 5.73 Å². The van der Waals surface area contributed by atoms with E-state index in [1.807, 2.05) is 29.1 Å². The van der Waals surface area contributed by atoms with Crippen LogP contribution in [-0.4, -0.2) is 46.5 Å². The van der Waals surface area contributed by atoms with Crippen molar-refractivity contribution < 1.29 is 9.47 Å². The topological polar surface area (TPSA) is 75.2 Å². The number of nitrogens with zero attached hydrogens (tertiary/aromatic N) is 3. The minimum Gasteiger partial charge on any atom is -0.371 e. The third kappa shape index (κ3) is 2.35. The summed E-state index contributed by atoms with van der Waals surface area (Å²) in [5.74, 6) is 0. The molecule has 2 N–H and O–H groups in total. The van der Waals surface area contributed by atoms with Gasteiger partial charge < -0.3 is 15.2 Å². The second-order valence-corrected chi connectivity index (χ2v) is 5.68. The van der Waals surface area contributed by atoms with E-state index in [9.17, 15) is 0 Å². The van der Waals surface area contributed by atoms with Gasteiger partial charge in [0, 0.05) is 12.6 Å².